The molecule has 1 amide bonds. The molecule has 2 rings (SSSR count). The van der Waals surface area contributed by atoms with E-state index in [4.69, 9.17) is 10.5 Å². The molecule has 0 aliphatic heterocycles. The van der Waals surface area contributed by atoms with Gasteiger partial charge in [-0.2, -0.15) is 0 Å². The van der Waals surface area contributed by atoms with Gasteiger partial charge in [0, 0.05) is 11.3 Å². The van der Waals surface area contributed by atoms with Crippen molar-refractivity contribution in [1.82, 2.24) is 4.98 Å². The van der Waals surface area contributed by atoms with Crippen LogP contribution in [0.5, 0.6) is 0 Å². The van der Waals surface area contributed by atoms with E-state index in [1.807, 2.05) is 5.38 Å². The Morgan fingerprint density at radius 2 is 2.50 bits per heavy atom. The van der Waals surface area contributed by atoms with Gasteiger partial charge < -0.3 is 10.5 Å². The van der Waals surface area contributed by atoms with Crippen LogP contribution in [0, 0.1) is 0 Å². The maximum atomic E-state index is 10.5. The van der Waals surface area contributed by atoms with Crippen molar-refractivity contribution in [2.45, 2.75) is 31.8 Å². The normalized spacial score (nSPS) is 17.8. The van der Waals surface area contributed by atoms with Crippen molar-refractivity contribution in [3.8, 4) is 0 Å². The van der Waals surface area contributed by atoms with Gasteiger partial charge in [-0.25, -0.2) is 9.78 Å². The number of ether oxygens (including phenoxy) is 1. The van der Waals surface area contributed by atoms with Crippen molar-refractivity contribution in [3.05, 3.63) is 16.1 Å². The van der Waals surface area contributed by atoms with Crippen LogP contribution in [0.15, 0.2) is 5.38 Å². The Hall–Kier alpha value is -1.10. The van der Waals surface area contributed by atoms with E-state index in [-0.39, 0.29) is 6.10 Å². The van der Waals surface area contributed by atoms with Crippen LogP contribution in [0.2, 0.25) is 0 Å². The Morgan fingerprint density at radius 1 is 1.79 bits per heavy atom. The molecule has 5 heteroatoms. The number of hydrogen-bond donors (Lipinski definition) is 1. The van der Waals surface area contributed by atoms with Crippen LogP contribution in [-0.2, 0) is 4.74 Å². The number of amides is 1. The fourth-order valence-corrected chi connectivity index (χ4v) is 2.16. The Balaban J connectivity index is 2.03. The van der Waals surface area contributed by atoms with E-state index in [1.54, 1.807) is 6.92 Å². The van der Waals surface area contributed by atoms with Gasteiger partial charge in [0.2, 0.25) is 0 Å². The first-order chi connectivity index (χ1) is 6.66. The van der Waals surface area contributed by atoms with Crippen molar-refractivity contribution in [2.75, 3.05) is 0 Å². The molecule has 2 N–H and O–H groups in total. The van der Waals surface area contributed by atoms with E-state index < -0.39 is 6.09 Å². The molecule has 0 saturated heterocycles. The number of hydrogen-bond acceptors (Lipinski definition) is 4. The first kappa shape index (κ1) is 9.45. The molecule has 1 saturated carbocycles. The van der Waals surface area contributed by atoms with E-state index in [1.165, 1.54) is 24.2 Å². The highest BCUT2D eigenvalue weighted by Crippen LogP contribution is 2.40. The zero-order valence-corrected chi connectivity index (χ0v) is 8.71. The standard InChI is InChI=1S/C9H12N2O2S/c1-5(13-9(10)12)8-11-7(4-14-8)6-2-3-6/h4-6H,2-3H2,1H3,(H2,10,12)/t5-/m1/s1. The van der Waals surface area contributed by atoms with Gasteiger partial charge in [-0.3, -0.25) is 0 Å². The monoisotopic (exact) mass is 212 g/mol. The molecule has 1 aliphatic rings. The Kier molecular flexibility index (Phi) is 2.41. The van der Waals surface area contributed by atoms with E-state index >= 15 is 0 Å². The molecule has 0 bridgehead atoms. The lowest BCUT2D eigenvalue weighted by molar-refractivity contribution is 0.116. The molecule has 1 aromatic heterocycles. The minimum absolute atomic E-state index is 0.329. The van der Waals surface area contributed by atoms with Gasteiger partial charge in [-0.05, 0) is 19.8 Å². The molecule has 14 heavy (non-hydrogen) atoms. The quantitative estimate of drug-likeness (QED) is 0.835. The van der Waals surface area contributed by atoms with E-state index in [0.717, 1.165) is 10.7 Å². The molecule has 1 heterocycles. The second-order valence-corrected chi connectivity index (χ2v) is 4.35. The number of aromatic nitrogens is 1. The summed E-state index contributed by atoms with van der Waals surface area (Å²) in [6.45, 7) is 1.78. The molecule has 1 aliphatic carbocycles. The maximum Gasteiger partial charge on any atom is 0.405 e. The molecular weight excluding hydrogens is 200 g/mol. The summed E-state index contributed by atoms with van der Waals surface area (Å²) in [7, 11) is 0. The maximum absolute atomic E-state index is 10.5. The minimum atomic E-state index is -0.749. The predicted molar refractivity (Wildman–Crippen MR) is 53.2 cm³/mol. The van der Waals surface area contributed by atoms with E-state index in [2.05, 4.69) is 4.98 Å². The fourth-order valence-electron chi connectivity index (χ4n) is 1.28. The summed E-state index contributed by atoms with van der Waals surface area (Å²) in [5.41, 5.74) is 6.05. The van der Waals surface area contributed by atoms with Crippen molar-refractivity contribution in [3.63, 3.8) is 0 Å². The molecule has 0 unspecified atom stereocenters. The molecule has 0 aromatic carbocycles. The molecule has 1 atom stereocenters. The van der Waals surface area contributed by atoms with Crippen LogP contribution >= 0.6 is 11.3 Å². The van der Waals surface area contributed by atoms with Crippen molar-refractivity contribution in [1.29, 1.82) is 0 Å². The van der Waals surface area contributed by atoms with Gasteiger partial charge in [0.25, 0.3) is 0 Å². The lowest BCUT2D eigenvalue weighted by Gasteiger charge is -2.06. The van der Waals surface area contributed by atoms with Gasteiger partial charge in [-0.15, -0.1) is 11.3 Å². The summed E-state index contributed by atoms with van der Waals surface area (Å²) in [5.74, 6) is 0.640. The van der Waals surface area contributed by atoms with Gasteiger partial charge >= 0.3 is 6.09 Å². The van der Waals surface area contributed by atoms with Gasteiger partial charge in [0.1, 0.15) is 5.01 Å². The molecule has 0 radical (unpaired) electrons. The van der Waals surface area contributed by atoms with Crippen LogP contribution in [0.4, 0.5) is 4.79 Å². The van der Waals surface area contributed by atoms with Crippen LogP contribution in [0.1, 0.15) is 42.5 Å². The SMILES string of the molecule is C[C@@H](OC(N)=O)c1nc(C2CC2)cs1. The largest absolute Gasteiger partial charge is 0.439 e. The highest BCUT2D eigenvalue weighted by atomic mass is 32.1. The third kappa shape index (κ3) is 2.04. The second-order valence-electron chi connectivity index (χ2n) is 3.46. The number of primary amides is 1. The predicted octanol–water partition coefficient (Wildman–Crippen LogP) is 2.18. The van der Waals surface area contributed by atoms with E-state index in [0.29, 0.717) is 5.92 Å². The van der Waals surface area contributed by atoms with Crippen LogP contribution in [-0.4, -0.2) is 11.1 Å². The van der Waals surface area contributed by atoms with Crippen molar-refractivity contribution in [2.24, 2.45) is 5.73 Å². The third-order valence-corrected chi connectivity index (χ3v) is 3.20. The number of rotatable bonds is 3. The number of nitrogens with two attached hydrogens (primary N) is 1. The number of nitrogens with zero attached hydrogens (tertiary/aromatic N) is 1. The Labute approximate surface area is 86.1 Å². The zero-order valence-electron chi connectivity index (χ0n) is 7.90. The molecule has 4 nitrogen and oxygen atoms in total. The summed E-state index contributed by atoms with van der Waals surface area (Å²) in [5, 5.41) is 2.86. The number of carbonyl (C=O) groups is 1. The summed E-state index contributed by atoms with van der Waals surface area (Å²) in [4.78, 5) is 14.9. The molecule has 76 valence electrons. The lowest BCUT2D eigenvalue weighted by Crippen LogP contribution is -2.15. The third-order valence-electron chi connectivity index (χ3n) is 2.18. The zero-order chi connectivity index (χ0) is 10.1. The van der Waals surface area contributed by atoms with Crippen molar-refractivity contribution >= 4 is 17.4 Å². The smallest absolute Gasteiger partial charge is 0.405 e. The number of carbonyl (C=O) groups excluding carboxylic acids is 1. The van der Waals surface area contributed by atoms with Crippen molar-refractivity contribution < 1.29 is 9.53 Å². The average molecular weight is 212 g/mol. The van der Waals surface area contributed by atoms with Crippen LogP contribution < -0.4 is 5.73 Å². The fraction of sp³-hybridized carbons (Fsp3) is 0.556. The van der Waals surface area contributed by atoms with E-state index in [9.17, 15) is 4.79 Å². The van der Waals surface area contributed by atoms with Crippen LogP contribution in [0.25, 0.3) is 0 Å². The number of thiazole rings is 1. The molecular formula is C9H12N2O2S. The summed E-state index contributed by atoms with van der Waals surface area (Å²) in [6, 6.07) is 0. The Morgan fingerprint density at radius 3 is 3.07 bits per heavy atom. The van der Waals surface area contributed by atoms with Crippen LogP contribution in [0.3, 0.4) is 0 Å². The summed E-state index contributed by atoms with van der Waals surface area (Å²) in [6.07, 6.45) is 1.38. The molecule has 1 aromatic rings. The first-order valence-electron chi connectivity index (χ1n) is 4.58. The topological polar surface area (TPSA) is 65.2 Å². The average Bonchev–Trinajstić information content (AvgIpc) is 2.82. The summed E-state index contributed by atoms with van der Waals surface area (Å²) >= 11 is 1.52. The van der Waals surface area contributed by atoms with Gasteiger partial charge in [0.05, 0.1) is 5.69 Å². The van der Waals surface area contributed by atoms with Gasteiger partial charge in [-0.1, -0.05) is 0 Å². The van der Waals surface area contributed by atoms with Gasteiger partial charge in [0.15, 0.2) is 6.10 Å². The lowest BCUT2D eigenvalue weighted by atomic mass is 10.3. The summed E-state index contributed by atoms with van der Waals surface area (Å²) < 4.78 is 4.84. The second kappa shape index (κ2) is 3.57. The highest BCUT2D eigenvalue weighted by molar-refractivity contribution is 7.09. The molecule has 1 fully saturated rings. The highest BCUT2D eigenvalue weighted by Gasteiger charge is 2.27. The minimum Gasteiger partial charge on any atom is -0.439 e. The molecule has 0 spiro atoms. The Bertz CT molecular complexity index is 346. The first-order valence-corrected chi connectivity index (χ1v) is 5.46.